The van der Waals surface area contributed by atoms with Gasteiger partial charge in [-0.2, -0.15) is 4.98 Å². The lowest BCUT2D eigenvalue weighted by atomic mass is 10.1. The van der Waals surface area contributed by atoms with Gasteiger partial charge in [-0.25, -0.2) is 10.8 Å². The Kier molecular flexibility index (Phi) is 5.43. The van der Waals surface area contributed by atoms with Gasteiger partial charge in [-0.3, -0.25) is 15.5 Å². The summed E-state index contributed by atoms with van der Waals surface area (Å²) in [4.78, 5) is 18.2. The Morgan fingerprint density at radius 3 is 2.74 bits per heavy atom. The van der Waals surface area contributed by atoms with E-state index in [9.17, 15) is 10.1 Å². The fraction of sp³-hybridized carbons (Fsp3) is 0.636. The third-order valence-corrected chi connectivity index (χ3v) is 2.62. The minimum atomic E-state index is -0.546. The summed E-state index contributed by atoms with van der Waals surface area (Å²) in [6.45, 7) is 5.98. The summed E-state index contributed by atoms with van der Waals surface area (Å²) in [5.74, 6) is 5.57. The summed E-state index contributed by atoms with van der Waals surface area (Å²) >= 11 is 0. The standard InChI is InChI=1S/C11H19N5O3/c1-4-5-7(2)6-19-10-9(16(17)18)8(3)13-11(14-10)15-12/h7H,4-6,12H2,1-3H3,(H,13,14,15). The second-order valence-electron chi connectivity index (χ2n) is 4.39. The second kappa shape index (κ2) is 6.83. The van der Waals surface area contributed by atoms with Crippen molar-refractivity contribution in [3.05, 3.63) is 15.8 Å². The highest BCUT2D eigenvalue weighted by Gasteiger charge is 2.23. The average Bonchev–Trinajstić information content (AvgIpc) is 2.35. The molecule has 1 aromatic heterocycles. The van der Waals surface area contributed by atoms with E-state index < -0.39 is 4.92 Å². The number of nitro groups is 1. The molecule has 0 aliphatic heterocycles. The van der Waals surface area contributed by atoms with Crippen LogP contribution in [0.25, 0.3) is 0 Å². The van der Waals surface area contributed by atoms with Crippen LogP contribution in [0.2, 0.25) is 0 Å². The van der Waals surface area contributed by atoms with Gasteiger partial charge in [-0.05, 0) is 19.3 Å². The van der Waals surface area contributed by atoms with Gasteiger partial charge in [0.2, 0.25) is 5.95 Å². The van der Waals surface area contributed by atoms with Gasteiger partial charge in [0, 0.05) is 0 Å². The Labute approximate surface area is 111 Å². The highest BCUT2D eigenvalue weighted by atomic mass is 16.6. The molecule has 1 heterocycles. The van der Waals surface area contributed by atoms with Crippen molar-refractivity contribution in [2.75, 3.05) is 12.0 Å². The number of nitrogens with zero attached hydrogens (tertiary/aromatic N) is 3. The summed E-state index contributed by atoms with van der Waals surface area (Å²) in [5.41, 5.74) is 2.26. The normalized spacial score (nSPS) is 12.0. The summed E-state index contributed by atoms with van der Waals surface area (Å²) < 4.78 is 5.45. The van der Waals surface area contributed by atoms with Crippen molar-refractivity contribution in [3.63, 3.8) is 0 Å². The molecule has 0 saturated carbocycles. The van der Waals surface area contributed by atoms with Crippen LogP contribution >= 0.6 is 0 Å². The number of hydrazine groups is 1. The Morgan fingerprint density at radius 1 is 1.53 bits per heavy atom. The van der Waals surface area contributed by atoms with Crippen LogP contribution in [0.5, 0.6) is 5.88 Å². The minimum absolute atomic E-state index is 0.0478. The fourth-order valence-corrected chi connectivity index (χ4v) is 1.71. The predicted octanol–water partition coefficient (Wildman–Crippen LogP) is 1.79. The fourth-order valence-electron chi connectivity index (χ4n) is 1.71. The van der Waals surface area contributed by atoms with Crippen LogP contribution in [0.15, 0.2) is 0 Å². The molecule has 3 N–H and O–H groups in total. The molecule has 0 fully saturated rings. The number of nitrogens with two attached hydrogens (primary N) is 1. The number of hydrogen-bond donors (Lipinski definition) is 2. The van der Waals surface area contributed by atoms with Crippen molar-refractivity contribution < 1.29 is 9.66 Å². The second-order valence-corrected chi connectivity index (χ2v) is 4.39. The molecule has 0 saturated heterocycles. The monoisotopic (exact) mass is 269 g/mol. The molecule has 1 aromatic rings. The summed E-state index contributed by atoms with van der Waals surface area (Å²) in [7, 11) is 0. The molecule has 1 rings (SSSR count). The van der Waals surface area contributed by atoms with E-state index in [0.29, 0.717) is 12.5 Å². The van der Waals surface area contributed by atoms with Crippen LogP contribution in [-0.4, -0.2) is 21.5 Å². The molecule has 0 aromatic carbocycles. The Balaban J connectivity index is 2.96. The van der Waals surface area contributed by atoms with Crippen molar-refractivity contribution in [2.45, 2.75) is 33.6 Å². The van der Waals surface area contributed by atoms with E-state index >= 15 is 0 Å². The number of anilines is 1. The molecular formula is C11H19N5O3. The molecule has 0 radical (unpaired) electrons. The van der Waals surface area contributed by atoms with Crippen molar-refractivity contribution >= 4 is 11.6 Å². The van der Waals surface area contributed by atoms with Gasteiger partial charge in [-0.15, -0.1) is 0 Å². The van der Waals surface area contributed by atoms with Gasteiger partial charge in [0.1, 0.15) is 5.69 Å². The van der Waals surface area contributed by atoms with Crippen LogP contribution in [0.3, 0.4) is 0 Å². The molecule has 8 nitrogen and oxygen atoms in total. The lowest BCUT2D eigenvalue weighted by Gasteiger charge is -2.12. The molecule has 0 aliphatic rings. The summed E-state index contributed by atoms with van der Waals surface area (Å²) in [6.07, 6.45) is 2.02. The first-order chi connectivity index (χ1) is 8.99. The number of nitrogens with one attached hydrogen (secondary N) is 1. The minimum Gasteiger partial charge on any atom is -0.472 e. The smallest absolute Gasteiger partial charge is 0.352 e. The molecule has 8 heteroatoms. The van der Waals surface area contributed by atoms with Gasteiger partial charge in [0.05, 0.1) is 11.5 Å². The molecule has 0 amide bonds. The lowest BCUT2D eigenvalue weighted by Crippen LogP contribution is -2.15. The third-order valence-electron chi connectivity index (χ3n) is 2.62. The van der Waals surface area contributed by atoms with Crippen LogP contribution in [0.4, 0.5) is 11.6 Å². The number of hydrogen-bond acceptors (Lipinski definition) is 7. The molecule has 0 spiro atoms. The molecule has 1 unspecified atom stereocenters. The maximum atomic E-state index is 11.0. The zero-order valence-corrected chi connectivity index (χ0v) is 11.3. The quantitative estimate of drug-likeness (QED) is 0.440. The topological polar surface area (TPSA) is 116 Å². The van der Waals surface area contributed by atoms with Crippen molar-refractivity contribution in [1.29, 1.82) is 0 Å². The maximum absolute atomic E-state index is 11.0. The van der Waals surface area contributed by atoms with Gasteiger partial charge >= 0.3 is 5.69 Å². The predicted molar refractivity (Wildman–Crippen MR) is 70.8 cm³/mol. The highest BCUT2D eigenvalue weighted by molar-refractivity contribution is 5.48. The summed E-state index contributed by atoms with van der Waals surface area (Å²) in [5, 5.41) is 11.0. The molecule has 1 atom stereocenters. The maximum Gasteiger partial charge on any atom is 0.352 e. The van der Waals surface area contributed by atoms with E-state index in [1.54, 1.807) is 0 Å². The van der Waals surface area contributed by atoms with Gasteiger partial charge in [0.25, 0.3) is 5.88 Å². The van der Waals surface area contributed by atoms with Gasteiger partial charge < -0.3 is 4.74 Å². The van der Waals surface area contributed by atoms with E-state index in [-0.39, 0.29) is 23.2 Å². The Bertz CT molecular complexity index is 452. The van der Waals surface area contributed by atoms with Crippen LogP contribution in [0, 0.1) is 23.0 Å². The largest absolute Gasteiger partial charge is 0.472 e. The SMILES string of the molecule is CCCC(C)COc1nc(NN)nc(C)c1[N+](=O)[O-]. The first-order valence-corrected chi connectivity index (χ1v) is 6.12. The zero-order chi connectivity index (χ0) is 14.4. The van der Waals surface area contributed by atoms with Crippen LogP contribution in [0.1, 0.15) is 32.4 Å². The number of aryl methyl sites for hydroxylation is 1. The first kappa shape index (κ1) is 15.1. The average molecular weight is 269 g/mol. The zero-order valence-electron chi connectivity index (χ0n) is 11.3. The van der Waals surface area contributed by atoms with Gasteiger partial charge in [0.15, 0.2) is 0 Å². The Hall–Kier alpha value is -1.96. The number of aromatic nitrogens is 2. The van der Waals surface area contributed by atoms with Crippen molar-refractivity contribution in [2.24, 2.45) is 11.8 Å². The lowest BCUT2D eigenvalue weighted by molar-refractivity contribution is -0.387. The first-order valence-electron chi connectivity index (χ1n) is 6.12. The highest BCUT2D eigenvalue weighted by Crippen LogP contribution is 2.28. The molecule has 0 bridgehead atoms. The molecule has 19 heavy (non-hydrogen) atoms. The molecular weight excluding hydrogens is 250 g/mol. The van der Waals surface area contributed by atoms with Crippen LogP contribution in [-0.2, 0) is 0 Å². The molecule has 0 aliphatic carbocycles. The van der Waals surface area contributed by atoms with Crippen molar-refractivity contribution in [3.8, 4) is 5.88 Å². The van der Waals surface area contributed by atoms with E-state index in [0.717, 1.165) is 12.8 Å². The Morgan fingerprint density at radius 2 is 2.21 bits per heavy atom. The third kappa shape index (κ3) is 4.02. The van der Waals surface area contributed by atoms with E-state index in [2.05, 4.69) is 22.3 Å². The van der Waals surface area contributed by atoms with E-state index in [1.807, 2.05) is 6.92 Å². The van der Waals surface area contributed by atoms with Crippen LogP contribution < -0.4 is 16.0 Å². The number of nitrogen functional groups attached to an aromatic ring is 1. The van der Waals surface area contributed by atoms with Crippen molar-refractivity contribution in [1.82, 2.24) is 9.97 Å². The summed E-state index contributed by atoms with van der Waals surface area (Å²) in [6, 6.07) is 0. The number of rotatable bonds is 7. The molecule has 106 valence electrons. The van der Waals surface area contributed by atoms with E-state index in [1.165, 1.54) is 6.92 Å². The van der Waals surface area contributed by atoms with Gasteiger partial charge in [-0.1, -0.05) is 20.3 Å². The number of ether oxygens (including phenoxy) is 1. The van der Waals surface area contributed by atoms with E-state index in [4.69, 9.17) is 10.6 Å².